The summed E-state index contributed by atoms with van der Waals surface area (Å²) in [5.41, 5.74) is 1.34. The number of likely N-dealkylation sites (tertiary alicyclic amines) is 1. The summed E-state index contributed by atoms with van der Waals surface area (Å²) in [5.74, 6) is 0.927. The minimum atomic E-state index is 0.499. The fourth-order valence-electron chi connectivity index (χ4n) is 2.68. The first kappa shape index (κ1) is 12.9. The van der Waals surface area contributed by atoms with E-state index < -0.39 is 0 Å². The van der Waals surface area contributed by atoms with E-state index in [1.54, 1.807) is 7.11 Å². The third-order valence-corrected chi connectivity index (χ3v) is 3.58. The van der Waals surface area contributed by atoms with Crippen molar-refractivity contribution >= 4 is 0 Å². The number of hydrogen-bond acceptors (Lipinski definition) is 3. The van der Waals surface area contributed by atoms with Gasteiger partial charge in [-0.15, -0.1) is 0 Å². The summed E-state index contributed by atoms with van der Waals surface area (Å²) in [6.07, 6.45) is 4.08. The lowest BCUT2D eigenvalue weighted by molar-refractivity contribution is 0.254. The second-order valence-electron chi connectivity index (χ2n) is 4.73. The van der Waals surface area contributed by atoms with E-state index in [2.05, 4.69) is 29.2 Å². The fourth-order valence-corrected chi connectivity index (χ4v) is 2.68. The summed E-state index contributed by atoms with van der Waals surface area (Å²) >= 11 is 0. The van der Waals surface area contributed by atoms with E-state index in [1.165, 1.54) is 18.4 Å². The lowest BCUT2D eigenvalue weighted by Crippen LogP contribution is -2.24. The van der Waals surface area contributed by atoms with Crippen LogP contribution in [0, 0.1) is 11.3 Å². The first-order chi connectivity index (χ1) is 8.85. The quantitative estimate of drug-likeness (QED) is 0.747. The Morgan fingerprint density at radius 2 is 2.39 bits per heavy atom. The highest BCUT2D eigenvalue weighted by atomic mass is 16.5. The molecule has 1 saturated heterocycles. The molecule has 2 rings (SSSR count). The van der Waals surface area contributed by atoms with Crippen LogP contribution in [0.5, 0.6) is 5.75 Å². The molecule has 1 aliphatic rings. The smallest absolute Gasteiger partial charge is 0.119 e. The molecule has 1 heterocycles. The van der Waals surface area contributed by atoms with Crippen molar-refractivity contribution in [3.63, 3.8) is 0 Å². The van der Waals surface area contributed by atoms with E-state index in [0.717, 1.165) is 25.3 Å². The van der Waals surface area contributed by atoms with E-state index in [-0.39, 0.29) is 0 Å². The number of nitrogens with zero attached hydrogens (tertiary/aromatic N) is 2. The Morgan fingerprint density at radius 3 is 3.17 bits per heavy atom. The molecular weight excluding hydrogens is 224 g/mol. The minimum absolute atomic E-state index is 0.499. The molecule has 0 amide bonds. The number of ether oxygens (including phenoxy) is 1. The highest BCUT2D eigenvalue weighted by Gasteiger charge is 2.25. The predicted molar refractivity (Wildman–Crippen MR) is 71.4 cm³/mol. The standard InChI is InChI=1S/C15H20N2O/c1-18-14-7-4-6-13(12-14)15-8-5-11-17(15)10-3-2-9-16/h4,6-7,12,15H,2-3,5,8,10-11H2,1H3/t15-/m1/s1. The maximum Gasteiger partial charge on any atom is 0.119 e. The average molecular weight is 244 g/mol. The van der Waals surface area contributed by atoms with Crippen molar-refractivity contribution in [1.82, 2.24) is 4.90 Å². The van der Waals surface area contributed by atoms with Crippen LogP contribution in [0.3, 0.4) is 0 Å². The topological polar surface area (TPSA) is 36.3 Å². The SMILES string of the molecule is COc1cccc([C@H]2CCCN2CCCC#N)c1. The van der Waals surface area contributed by atoms with Crippen LogP contribution in [0.2, 0.25) is 0 Å². The summed E-state index contributed by atoms with van der Waals surface area (Å²) in [6.45, 7) is 2.17. The van der Waals surface area contributed by atoms with E-state index in [0.29, 0.717) is 12.5 Å². The Kier molecular flexibility index (Phi) is 4.60. The number of nitriles is 1. The molecule has 0 radical (unpaired) electrons. The van der Waals surface area contributed by atoms with Gasteiger partial charge in [-0.1, -0.05) is 12.1 Å². The first-order valence-corrected chi connectivity index (χ1v) is 6.60. The molecule has 0 unspecified atom stereocenters. The lowest BCUT2D eigenvalue weighted by Gasteiger charge is -2.24. The van der Waals surface area contributed by atoms with Crippen molar-refractivity contribution in [2.24, 2.45) is 0 Å². The van der Waals surface area contributed by atoms with Gasteiger partial charge in [-0.2, -0.15) is 5.26 Å². The molecule has 96 valence electrons. The van der Waals surface area contributed by atoms with Crippen molar-refractivity contribution < 1.29 is 4.74 Å². The zero-order valence-electron chi connectivity index (χ0n) is 10.9. The Balaban J connectivity index is 2.03. The van der Waals surface area contributed by atoms with Crippen LogP contribution in [-0.4, -0.2) is 25.1 Å². The van der Waals surface area contributed by atoms with Crippen molar-refractivity contribution in [3.8, 4) is 11.8 Å². The minimum Gasteiger partial charge on any atom is -0.497 e. The first-order valence-electron chi connectivity index (χ1n) is 6.60. The third-order valence-electron chi connectivity index (χ3n) is 3.58. The van der Waals surface area contributed by atoms with Crippen LogP contribution >= 0.6 is 0 Å². The van der Waals surface area contributed by atoms with E-state index >= 15 is 0 Å². The van der Waals surface area contributed by atoms with E-state index in [1.807, 2.05) is 6.07 Å². The molecule has 1 aromatic carbocycles. The molecule has 0 N–H and O–H groups in total. The second-order valence-corrected chi connectivity index (χ2v) is 4.73. The van der Waals surface area contributed by atoms with Crippen molar-refractivity contribution in [3.05, 3.63) is 29.8 Å². The van der Waals surface area contributed by atoms with Crippen LogP contribution < -0.4 is 4.74 Å². The van der Waals surface area contributed by atoms with Crippen LogP contribution in [0.1, 0.15) is 37.3 Å². The Hall–Kier alpha value is -1.53. The maximum atomic E-state index is 8.61. The van der Waals surface area contributed by atoms with Crippen LogP contribution in [0.15, 0.2) is 24.3 Å². The number of hydrogen-bond donors (Lipinski definition) is 0. The van der Waals surface area contributed by atoms with Gasteiger partial charge in [0.2, 0.25) is 0 Å². The molecule has 0 aliphatic carbocycles. The summed E-state index contributed by atoms with van der Waals surface area (Å²) in [4.78, 5) is 2.49. The normalized spacial score (nSPS) is 19.7. The molecule has 18 heavy (non-hydrogen) atoms. The molecule has 1 aromatic rings. The molecule has 0 saturated carbocycles. The van der Waals surface area contributed by atoms with Crippen LogP contribution in [0.25, 0.3) is 0 Å². The summed E-state index contributed by atoms with van der Waals surface area (Å²) in [7, 11) is 1.71. The second kappa shape index (κ2) is 6.42. The molecule has 1 atom stereocenters. The summed E-state index contributed by atoms with van der Waals surface area (Å²) in [5, 5.41) is 8.61. The average Bonchev–Trinajstić information content (AvgIpc) is 2.87. The largest absolute Gasteiger partial charge is 0.497 e. The molecule has 3 nitrogen and oxygen atoms in total. The van der Waals surface area contributed by atoms with Crippen LogP contribution in [-0.2, 0) is 0 Å². The summed E-state index contributed by atoms with van der Waals surface area (Å²) < 4.78 is 5.29. The van der Waals surface area contributed by atoms with Gasteiger partial charge in [0.25, 0.3) is 0 Å². The summed E-state index contributed by atoms with van der Waals surface area (Å²) in [6, 6.07) is 11.1. The molecule has 1 aliphatic heterocycles. The predicted octanol–water partition coefficient (Wildman–Crippen LogP) is 3.14. The van der Waals surface area contributed by atoms with Gasteiger partial charge < -0.3 is 4.74 Å². The number of unbranched alkanes of at least 4 members (excludes halogenated alkanes) is 1. The monoisotopic (exact) mass is 244 g/mol. The van der Waals surface area contributed by atoms with Crippen LogP contribution in [0.4, 0.5) is 0 Å². The van der Waals surface area contributed by atoms with Gasteiger partial charge in [0.15, 0.2) is 0 Å². The van der Waals surface area contributed by atoms with Gasteiger partial charge in [0.05, 0.1) is 13.2 Å². The zero-order valence-corrected chi connectivity index (χ0v) is 10.9. The molecule has 0 aromatic heterocycles. The van der Waals surface area contributed by atoms with Gasteiger partial charge >= 0.3 is 0 Å². The highest BCUT2D eigenvalue weighted by molar-refractivity contribution is 5.31. The Bertz CT molecular complexity index is 425. The molecule has 1 fully saturated rings. The highest BCUT2D eigenvalue weighted by Crippen LogP contribution is 2.33. The maximum absolute atomic E-state index is 8.61. The fraction of sp³-hybridized carbons (Fsp3) is 0.533. The molecule has 0 spiro atoms. The van der Waals surface area contributed by atoms with Crippen molar-refractivity contribution in [2.75, 3.05) is 20.2 Å². The van der Waals surface area contributed by atoms with Gasteiger partial charge in [0.1, 0.15) is 5.75 Å². The van der Waals surface area contributed by atoms with Crippen molar-refractivity contribution in [2.45, 2.75) is 31.7 Å². The molecular formula is C15H20N2O. The Morgan fingerprint density at radius 1 is 1.50 bits per heavy atom. The Labute approximate surface area is 109 Å². The van der Waals surface area contributed by atoms with Gasteiger partial charge in [-0.25, -0.2) is 0 Å². The molecule has 0 bridgehead atoms. The van der Waals surface area contributed by atoms with E-state index in [4.69, 9.17) is 10.00 Å². The molecule has 3 heteroatoms. The number of benzene rings is 1. The van der Waals surface area contributed by atoms with E-state index in [9.17, 15) is 0 Å². The van der Waals surface area contributed by atoms with Gasteiger partial charge in [-0.05, 0) is 50.0 Å². The zero-order chi connectivity index (χ0) is 12.8. The third kappa shape index (κ3) is 3.02. The lowest BCUT2D eigenvalue weighted by atomic mass is 10.0. The van der Waals surface area contributed by atoms with Gasteiger partial charge in [-0.3, -0.25) is 4.90 Å². The number of methoxy groups -OCH3 is 1. The van der Waals surface area contributed by atoms with Crippen molar-refractivity contribution in [1.29, 1.82) is 5.26 Å². The van der Waals surface area contributed by atoms with Gasteiger partial charge in [0, 0.05) is 12.5 Å². The number of rotatable bonds is 5.